The van der Waals surface area contributed by atoms with Crippen LogP contribution < -0.4 is 15.3 Å². The van der Waals surface area contributed by atoms with Gasteiger partial charge in [0.15, 0.2) is 0 Å². The first-order valence-corrected chi connectivity index (χ1v) is 13.2. The van der Waals surface area contributed by atoms with E-state index in [4.69, 9.17) is 0 Å². The number of rotatable bonds is 3. The van der Waals surface area contributed by atoms with Gasteiger partial charge in [0.1, 0.15) is 0 Å². The number of carboxylic acid groups (broad SMARTS) is 3. The molecule has 0 amide bonds. The van der Waals surface area contributed by atoms with Gasteiger partial charge in [0.25, 0.3) is 0 Å². The molecule has 6 rings (SSSR count). The molecule has 0 aliphatic heterocycles. The first kappa shape index (κ1) is 32.6. The smallest absolute Gasteiger partial charge is 0.545 e. The fraction of sp³-hybridized carbons (Fsp3) is 0.0833. The van der Waals surface area contributed by atoms with Crippen molar-refractivity contribution >= 4 is 67.6 Å². The second-order valence-corrected chi connectivity index (χ2v) is 10.1. The van der Waals surface area contributed by atoms with E-state index >= 15 is 0 Å². The predicted molar refractivity (Wildman–Crippen MR) is 165 cm³/mol. The molecule has 0 heterocycles. The number of fused-ring (bicyclic) bond motifs is 3. The largest absolute Gasteiger partial charge is 3.00 e. The Morgan fingerprint density at radius 1 is 0.372 bits per heavy atom. The van der Waals surface area contributed by atoms with Crippen molar-refractivity contribution in [3.8, 4) is 0 Å². The average Bonchev–Trinajstić information content (AvgIpc) is 2.96. The number of benzene rings is 6. The Bertz CT molecular complexity index is 1740. The third-order valence-electron chi connectivity index (χ3n) is 6.69. The Labute approximate surface area is 260 Å². The molecule has 6 aromatic carbocycles. The van der Waals surface area contributed by atoms with E-state index in [0.29, 0.717) is 0 Å². The molecular weight excluding hydrogens is 555 g/mol. The summed E-state index contributed by atoms with van der Waals surface area (Å²) >= 11 is 0. The molecule has 0 fully saturated rings. The van der Waals surface area contributed by atoms with E-state index in [2.05, 4.69) is 0 Å². The normalized spacial score (nSPS) is 10.1. The van der Waals surface area contributed by atoms with Crippen molar-refractivity contribution in [2.75, 3.05) is 0 Å². The molecule has 210 valence electrons. The van der Waals surface area contributed by atoms with E-state index < -0.39 is 17.9 Å². The summed E-state index contributed by atoms with van der Waals surface area (Å²) in [5.74, 6) is -3.40. The summed E-state index contributed by atoms with van der Waals surface area (Å²) in [5, 5.41) is 37.7. The Morgan fingerprint density at radius 3 is 0.814 bits per heavy atom. The summed E-state index contributed by atoms with van der Waals surface area (Å²) in [5.41, 5.74) is 4.17. The van der Waals surface area contributed by atoms with Gasteiger partial charge in [-0.15, -0.1) is 0 Å². The Hall–Kier alpha value is -4.96. The van der Waals surface area contributed by atoms with Gasteiger partial charge in [0.05, 0.1) is 17.9 Å². The molecule has 0 saturated carbocycles. The van der Waals surface area contributed by atoms with Gasteiger partial charge in [-0.1, -0.05) is 108 Å². The van der Waals surface area contributed by atoms with Gasteiger partial charge >= 0.3 is 17.4 Å². The van der Waals surface area contributed by atoms with Crippen molar-refractivity contribution in [1.82, 2.24) is 0 Å². The van der Waals surface area contributed by atoms with Crippen molar-refractivity contribution in [3.63, 3.8) is 0 Å². The van der Waals surface area contributed by atoms with Crippen LogP contribution in [0.3, 0.4) is 0 Å². The number of aromatic carboxylic acids is 3. The molecule has 0 saturated heterocycles. The summed E-state index contributed by atoms with van der Waals surface area (Å²) < 4.78 is 0. The summed E-state index contributed by atoms with van der Waals surface area (Å²) in [7, 11) is 0. The van der Waals surface area contributed by atoms with Gasteiger partial charge < -0.3 is 29.7 Å². The average molecular weight is 583 g/mol. The molecule has 0 bridgehead atoms. The van der Waals surface area contributed by atoms with Crippen LogP contribution >= 0.6 is 0 Å². The Morgan fingerprint density at radius 2 is 0.581 bits per heavy atom. The molecule has 6 nitrogen and oxygen atoms in total. The van der Waals surface area contributed by atoms with Crippen LogP contribution in [0.4, 0.5) is 0 Å². The number of carboxylic acids is 3. The van der Waals surface area contributed by atoms with Gasteiger partial charge in [-0.3, -0.25) is 0 Å². The van der Waals surface area contributed by atoms with E-state index in [1.807, 2.05) is 75.4 Å². The zero-order valence-electron chi connectivity index (χ0n) is 23.9. The maximum Gasteiger partial charge on any atom is 3.00 e. The monoisotopic (exact) mass is 582 g/mol. The van der Waals surface area contributed by atoms with Crippen molar-refractivity contribution in [2.45, 2.75) is 20.8 Å². The quantitative estimate of drug-likeness (QED) is 0.289. The molecule has 0 aliphatic rings. The second-order valence-electron chi connectivity index (χ2n) is 10.1. The zero-order valence-corrected chi connectivity index (χ0v) is 25.1. The number of carbonyl (C=O) groups is 3. The molecule has 0 N–H and O–H groups in total. The third-order valence-corrected chi connectivity index (χ3v) is 6.69. The first-order valence-electron chi connectivity index (χ1n) is 13.2. The summed E-state index contributed by atoms with van der Waals surface area (Å²) in [4.78, 5) is 31.8. The van der Waals surface area contributed by atoms with Crippen LogP contribution in [-0.4, -0.2) is 35.3 Å². The number of aryl methyl sites for hydroxylation is 3. The number of hydrogen-bond acceptors (Lipinski definition) is 6. The van der Waals surface area contributed by atoms with E-state index in [-0.39, 0.29) is 34.1 Å². The molecule has 0 atom stereocenters. The minimum Gasteiger partial charge on any atom is -0.545 e. The Kier molecular flexibility index (Phi) is 10.8. The first-order chi connectivity index (χ1) is 20.0. The maximum atomic E-state index is 10.6. The van der Waals surface area contributed by atoms with Crippen molar-refractivity contribution in [2.24, 2.45) is 0 Å². The van der Waals surface area contributed by atoms with Crippen LogP contribution in [0.2, 0.25) is 0 Å². The van der Waals surface area contributed by atoms with Crippen LogP contribution in [0.5, 0.6) is 0 Å². The molecule has 0 radical (unpaired) electrons. The molecule has 6 aromatic rings. The zero-order chi connectivity index (χ0) is 30.4. The predicted octanol–water partition coefficient (Wildman–Crippen LogP) is 4.15. The van der Waals surface area contributed by atoms with Crippen LogP contribution in [-0.2, 0) is 0 Å². The van der Waals surface area contributed by atoms with Crippen LogP contribution in [0.25, 0.3) is 32.3 Å². The summed E-state index contributed by atoms with van der Waals surface area (Å²) in [6.07, 6.45) is 0. The molecule has 0 spiro atoms. The molecule has 7 heteroatoms. The molecule has 0 aromatic heterocycles. The van der Waals surface area contributed by atoms with Crippen LogP contribution in [0, 0.1) is 20.8 Å². The van der Waals surface area contributed by atoms with Crippen LogP contribution in [0.15, 0.2) is 109 Å². The van der Waals surface area contributed by atoms with Gasteiger partial charge in [-0.25, -0.2) is 0 Å². The number of carbonyl (C=O) groups excluding carboxylic acids is 3. The summed E-state index contributed by atoms with van der Waals surface area (Å²) in [6, 6.07) is 32.7. The molecular formula is C36H27AlO6. The van der Waals surface area contributed by atoms with Crippen molar-refractivity contribution < 1.29 is 29.7 Å². The van der Waals surface area contributed by atoms with Crippen molar-refractivity contribution in [3.05, 3.63) is 143 Å². The maximum absolute atomic E-state index is 10.6. The summed E-state index contributed by atoms with van der Waals surface area (Å²) in [6.45, 7) is 6.02. The van der Waals surface area contributed by atoms with Gasteiger partial charge in [0.2, 0.25) is 0 Å². The van der Waals surface area contributed by atoms with Gasteiger partial charge in [-0.05, 0) is 88.0 Å². The van der Waals surface area contributed by atoms with E-state index in [0.717, 1.165) is 32.3 Å². The fourth-order valence-corrected chi connectivity index (χ4v) is 4.48. The Balaban J connectivity index is 0.000000175. The molecule has 43 heavy (non-hydrogen) atoms. The number of hydrogen-bond donors (Lipinski definition) is 0. The van der Waals surface area contributed by atoms with Gasteiger partial charge in [-0.2, -0.15) is 0 Å². The fourth-order valence-electron chi connectivity index (χ4n) is 4.48. The third kappa shape index (κ3) is 8.53. The SMILES string of the molecule is Cc1ccc2cc(C(=O)[O-])ccc2c1.Cc1ccc2cc(C(=O)[O-])ccc2c1.Cc1ccc2cc(C(=O)[O-])ccc2c1.[Al+3]. The molecule has 0 unspecified atom stereocenters. The van der Waals surface area contributed by atoms with E-state index in [1.54, 1.807) is 54.6 Å². The van der Waals surface area contributed by atoms with Gasteiger partial charge in [0, 0.05) is 0 Å². The van der Waals surface area contributed by atoms with Crippen LogP contribution in [0.1, 0.15) is 47.8 Å². The van der Waals surface area contributed by atoms with Crippen molar-refractivity contribution in [1.29, 1.82) is 0 Å². The molecule has 0 aliphatic carbocycles. The minimum atomic E-state index is -1.13. The topological polar surface area (TPSA) is 120 Å². The standard InChI is InChI=1S/3C12H10O2.Al/c3*1-8-2-3-10-7-11(12(13)14)5-4-9(10)6-8;/h3*2-7H,1H3,(H,13,14);/q;;;+3/p-3. The van der Waals surface area contributed by atoms with E-state index in [9.17, 15) is 29.7 Å². The second kappa shape index (κ2) is 14.3. The van der Waals surface area contributed by atoms with E-state index in [1.165, 1.54) is 16.7 Å². The minimum absolute atomic E-state index is 0.